The van der Waals surface area contributed by atoms with E-state index in [1.54, 1.807) is 0 Å². The summed E-state index contributed by atoms with van der Waals surface area (Å²) in [5, 5.41) is 0. The zero-order chi connectivity index (χ0) is 11.3. The molecule has 1 saturated heterocycles. The summed E-state index contributed by atoms with van der Waals surface area (Å²) in [4.78, 5) is 13.5. The Bertz CT molecular complexity index is 211. The van der Waals surface area contributed by atoms with Gasteiger partial charge in [-0.15, -0.1) is 11.6 Å². The van der Waals surface area contributed by atoms with Gasteiger partial charge in [-0.05, 0) is 12.8 Å². The van der Waals surface area contributed by atoms with E-state index >= 15 is 0 Å². The molecule has 0 aromatic rings. The average Bonchev–Trinajstić information content (AvgIpc) is 2.57. The van der Waals surface area contributed by atoms with Gasteiger partial charge < -0.3 is 9.64 Å². The van der Waals surface area contributed by atoms with Gasteiger partial charge in [0.05, 0.1) is 6.61 Å². The summed E-state index contributed by atoms with van der Waals surface area (Å²) in [7, 11) is 0. The number of halogens is 1. The third-order valence-electron chi connectivity index (χ3n) is 2.97. The van der Waals surface area contributed by atoms with Crippen molar-refractivity contribution < 1.29 is 9.53 Å². The third kappa shape index (κ3) is 3.65. The van der Waals surface area contributed by atoms with Crippen LogP contribution >= 0.6 is 11.6 Å². The van der Waals surface area contributed by atoms with Crippen LogP contribution in [0.2, 0.25) is 0 Å². The molecule has 1 rings (SSSR count). The summed E-state index contributed by atoms with van der Waals surface area (Å²) in [6.07, 6.45) is 0.454. The molecule has 0 aromatic heterocycles. The predicted molar refractivity (Wildman–Crippen MR) is 61.1 cm³/mol. The van der Waals surface area contributed by atoms with Crippen LogP contribution in [0.25, 0.3) is 0 Å². The van der Waals surface area contributed by atoms with Crippen LogP contribution in [0.15, 0.2) is 0 Å². The molecular formula is C11H20ClNO2. The summed E-state index contributed by atoms with van der Waals surface area (Å²) in [5.74, 6) is 1.62. The molecule has 0 aromatic carbocycles. The lowest BCUT2D eigenvalue weighted by Crippen LogP contribution is -2.29. The van der Waals surface area contributed by atoms with Gasteiger partial charge in [-0.1, -0.05) is 6.92 Å². The first kappa shape index (κ1) is 12.8. The minimum absolute atomic E-state index is 0.177. The molecule has 0 bridgehead atoms. The highest BCUT2D eigenvalue weighted by molar-refractivity contribution is 6.18. The molecule has 1 amide bonds. The molecule has 15 heavy (non-hydrogen) atoms. The fourth-order valence-corrected chi connectivity index (χ4v) is 2.12. The van der Waals surface area contributed by atoms with Crippen LogP contribution in [-0.2, 0) is 9.53 Å². The van der Waals surface area contributed by atoms with E-state index in [0.717, 1.165) is 26.3 Å². The zero-order valence-electron chi connectivity index (χ0n) is 9.54. The Morgan fingerprint density at radius 2 is 2.27 bits per heavy atom. The standard InChI is InChI=1S/C11H20ClNO2/c1-3-15-8-10-7-13(6-9(10)2)11(14)4-5-12/h9-10H,3-8H2,1-2H3/t9-,10-/m1/s1. The van der Waals surface area contributed by atoms with Gasteiger partial charge in [-0.25, -0.2) is 0 Å². The van der Waals surface area contributed by atoms with Crippen LogP contribution < -0.4 is 0 Å². The van der Waals surface area contributed by atoms with Crippen molar-refractivity contribution in [3.63, 3.8) is 0 Å². The van der Waals surface area contributed by atoms with E-state index in [2.05, 4.69) is 6.92 Å². The topological polar surface area (TPSA) is 29.5 Å². The molecule has 1 fully saturated rings. The van der Waals surface area contributed by atoms with E-state index in [0.29, 0.717) is 24.1 Å². The molecule has 0 saturated carbocycles. The first-order chi connectivity index (χ1) is 7.19. The first-order valence-corrected chi connectivity index (χ1v) is 6.14. The Hall–Kier alpha value is -0.280. The van der Waals surface area contributed by atoms with Gasteiger partial charge in [0.2, 0.25) is 5.91 Å². The number of likely N-dealkylation sites (tertiary alicyclic amines) is 1. The number of alkyl halides is 1. The number of hydrogen-bond acceptors (Lipinski definition) is 2. The van der Waals surface area contributed by atoms with Crippen molar-refractivity contribution in [3.05, 3.63) is 0 Å². The van der Waals surface area contributed by atoms with Crippen LogP contribution in [0.4, 0.5) is 0 Å². The average molecular weight is 234 g/mol. The highest BCUT2D eigenvalue weighted by Gasteiger charge is 2.31. The lowest BCUT2D eigenvalue weighted by Gasteiger charge is -2.15. The SMILES string of the molecule is CCOC[C@H]1CN(C(=O)CCCl)C[C@H]1C. The van der Waals surface area contributed by atoms with E-state index < -0.39 is 0 Å². The minimum atomic E-state index is 0.177. The van der Waals surface area contributed by atoms with Crippen LogP contribution in [0.5, 0.6) is 0 Å². The van der Waals surface area contributed by atoms with E-state index in [-0.39, 0.29) is 5.91 Å². The molecule has 4 heteroatoms. The summed E-state index contributed by atoms with van der Waals surface area (Å²) >= 11 is 5.56. The fraction of sp³-hybridized carbons (Fsp3) is 0.909. The van der Waals surface area contributed by atoms with Crippen LogP contribution in [0.1, 0.15) is 20.3 Å². The second kappa shape index (κ2) is 6.33. The first-order valence-electron chi connectivity index (χ1n) is 5.60. The number of carbonyl (C=O) groups is 1. The van der Waals surface area contributed by atoms with Gasteiger partial charge in [-0.2, -0.15) is 0 Å². The Balaban J connectivity index is 2.37. The van der Waals surface area contributed by atoms with E-state index in [1.807, 2.05) is 11.8 Å². The van der Waals surface area contributed by atoms with Crippen molar-refractivity contribution in [3.8, 4) is 0 Å². The van der Waals surface area contributed by atoms with Crippen molar-refractivity contribution in [2.45, 2.75) is 20.3 Å². The number of carbonyl (C=O) groups excluding carboxylic acids is 1. The van der Waals surface area contributed by atoms with E-state index in [4.69, 9.17) is 16.3 Å². The number of hydrogen-bond donors (Lipinski definition) is 0. The van der Waals surface area contributed by atoms with Crippen LogP contribution in [-0.4, -0.2) is 43.0 Å². The third-order valence-corrected chi connectivity index (χ3v) is 3.15. The highest BCUT2D eigenvalue weighted by atomic mass is 35.5. The smallest absolute Gasteiger partial charge is 0.223 e. The van der Waals surface area contributed by atoms with Crippen molar-refractivity contribution in [1.29, 1.82) is 0 Å². The second-order valence-corrected chi connectivity index (χ2v) is 4.51. The molecule has 1 heterocycles. The molecule has 88 valence electrons. The zero-order valence-corrected chi connectivity index (χ0v) is 10.3. The van der Waals surface area contributed by atoms with Gasteiger partial charge in [0.15, 0.2) is 0 Å². The van der Waals surface area contributed by atoms with Crippen molar-refractivity contribution in [1.82, 2.24) is 4.90 Å². The Morgan fingerprint density at radius 3 is 2.87 bits per heavy atom. The Morgan fingerprint density at radius 1 is 1.53 bits per heavy atom. The Labute approximate surface area is 96.7 Å². The van der Waals surface area contributed by atoms with Gasteiger partial charge in [0.1, 0.15) is 0 Å². The summed E-state index contributed by atoms with van der Waals surface area (Å²) in [6, 6.07) is 0. The molecule has 0 unspecified atom stereocenters. The predicted octanol–water partition coefficient (Wildman–Crippen LogP) is 1.75. The van der Waals surface area contributed by atoms with Crippen LogP contribution in [0, 0.1) is 11.8 Å². The summed E-state index contributed by atoms with van der Waals surface area (Å²) in [6.45, 7) is 7.37. The highest BCUT2D eigenvalue weighted by Crippen LogP contribution is 2.23. The molecule has 2 atom stereocenters. The van der Waals surface area contributed by atoms with Gasteiger partial charge in [-0.3, -0.25) is 4.79 Å². The lowest BCUT2D eigenvalue weighted by molar-refractivity contribution is -0.130. The molecule has 0 aliphatic carbocycles. The van der Waals surface area contributed by atoms with Crippen molar-refractivity contribution in [2.75, 3.05) is 32.2 Å². The number of ether oxygens (including phenoxy) is 1. The van der Waals surface area contributed by atoms with E-state index in [9.17, 15) is 4.79 Å². The fourth-order valence-electron chi connectivity index (χ4n) is 1.96. The molecule has 3 nitrogen and oxygen atoms in total. The number of rotatable bonds is 5. The Kier molecular flexibility index (Phi) is 5.40. The van der Waals surface area contributed by atoms with Crippen molar-refractivity contribution in [2.24, 2.45) is 11.8 Å². The summed E-state index contributed by atoms with van der Waals surface area (Å²) < 4.78 is 5.41. The molecule has 0 radical (unpaired) electrons. The van der Waals surface area contributed by atoms with E-state index in [1.165, 1.54) is 0 Å². The molecule has 1 aliphatic rings. The maximum absolute atomic E-state index is 11.6. The van der Waals surface area contributed by atoms with Crippen LogP contribution in [0.3, 0.4) is 0 Å². The van der Waals surface area contributed by atoms with Crippen molar-refractivity contribution >= 4 is 17.5 Å². The molecular weight excluding hydrogens is 214 g/mol. The number of nitrogens with zero attached hydrogens (tertiary/aromatic N) is 1. The van der Waals surface area contributed by atoms with Gasteiger partial charge in [0, 0.05) is 37.9 Å². The molecule has 1 aliphatic heterocycles. The molecule has 0 spiro atoms. The lowest BCUT2D eigenvalue weighted by atomic mass is 9.99. The maximum atomic E-state index is 11.6. The van der Waals surface area contributed by atoms with Gasteiger partial charge in [0.25, 0.3) is 0 Å². The number of amides is 1. The minimum Gasteiger partial charge on any atom is -0.381 e. The normalized spacial score (nSPS) is 25.9. The quantitative estimate of drug-likeness (QED) is 0.678. The summed E-state index contributed by atoms with van der Waals surface area (Å²) in [5.41, 5.74) is 0. The molecule has 0 N–H and O–H groups in total. The maximum Gasteiger partial charge on any atom is 0.223 e. The largest absolute Gasteiger partial charge is 0.381 e. The monoisotopic (exact) mass is 233 g/mol. The van der Waals surface area contributed by atoms with Gasteiger partial charge >= 0.3 is 0 Å². The second-order valence-electron chi connectivity index (χ2n) is 4.13.